The molecule has 2 heterocycles. The second-order valence-corrected chi connectivity index (χ2v) is 2.79. The van der Waals surface area contributed by atoms with Gasteiger partial charge in [-0.3, -0.25) is 4.68 Å². The predicted molar refractivity (Wildman–Crippen MR) is 47.6 cm³/mol. The Morgan fingerprint density at radius 3 is 2.92 bits per heavy atom. The summed E-state index contributed by atoms with van der Waals surface area (Å²) >= 11 is 0. The second kappa shape index (κ2) is 2.89. The molecule has 2 N–H and O–H groups in total. The van der Waals surface area contributed by atoms with E-state index in [0.29, 0.717) is 5.95 Å². The Hall–Kier alpha value is -1.85. The van der Waals surface area contributed by atoms with Crippen LogP contribution >= 0.6 is 0 Å². The summed E-state index contributed by atoms with van der Waals surface area (Å²) in [6.07, 6.45) is 3.37. The van der Waals surface area contributed by atoms with E-state index in [1.807, 2.05) is 20.2 Å². The van der Waals surface area contributed by atoms with Gasteiger partial charge in [0.05, 0.1) is 0 Å². The van der Waals surface area contributed by atoms with E-state index in [2.05, 4.69) is 25.6 Å². The third-order valence-electron chi connectivity index (χ3n) is 1.66. The van der Waals surface area contributed by atoms with Crippen LogP contribution in [0.3, 0.4) is 0 Å². The van der Waals surface area contributed by atoms with Gasteiger partial charge < -0.3 is 5.32 Å². The first-order valence-electron chi connectivity index (χ1n) is 3.88. The SMILES string of the molecule is Cc1cn(C)nc1Nc1ncn[nH]1. The van der Waals surface area contributed by atoms with Crippen LogP contribution in [0.15, 0.2) is 12.5 Å². The summed E-state index contributed by atoms with van der Waals surface area (Å²) in [5.41, 5.74) is 1.07. The highest BCUT2D eigenvalue weighted by molar-refractivity contribution is 5.51. The number of nitrogens with zero attached hydrogens (tertiary/aromatic N) is 4. The molecule has 0 aliphatic rings. The predicted octanol–water partition coefficient (Wildman–Crippen LogP) is 0.590. The number of hydrogen-bond donors (Lipinski definition) is 2. The Kier molecular flexibility index (Phi) is 1.73. The Bertz CT molecular complexity index is 387. The fraction of sp³-hybridized carbons (Fsp3) is 0.286. The van der Waals surface area contributed by atoms with Crippen LogP contribution < -0.4 is 5.32 Å². The van der Waals surface area contributed by atoms with Gasteiger partial charge in [0.2, 0.25) is 5.95 Å². The number of aromatic nitrogens is 5. The fourth-order valence-electron chi connectivity index (χ4n) is 1.11. The van der Waals surface area contributed by atoms with Gasteiger partial charge in [0.1, 0.15) is 6.33 Å². The van der Waals surface area contributed by atoms with E-state index in [9.17, 15) is 0 Å². The van der Waals surface area contributed by atoms with Crippen molar-refractivity contribution in [2.45, 2.75) is 6.92 Å². The summed E-state index contributed by atoms with van der Waals surface area (Å²) in [4.78, 5) is 3.93. The van der Waals surface area contributed by atoms with Crippen LogP contribution in [0.25, 0.3) is 0 Å². The lowest BCUT2D eigenvalue weighted by Gasteiger charge is -1.97. The molecule has 0 atom stereocenters. The molecule has 0 saturated carbocycles. The smallest absolute Gasteiger partial charge is 0.224 e. The van der Waals surface area contributed by atoms with Crippen LogP contribution in [-0.4, -0.2) is 25.0 Å². The Labute approximate surface area is 75.0 Å². The summed E-state index contributed by atoms with van der Waals surface area (Å²) < 4.78 is 1.74. The first kappa shape index (κ1) is 7.78. The monoisotopic (exact) mass is 178 g/mol. The number of H-pyrrole nitrogens is 1. The molecule has 13 heavy (non-hydrogen) atoms. The van der Waals surface area contributed by atoms with Crippen LogP contribution in [0.2, 0.25) is 0 Å². The van der Waals surface area contributed by atoms with E-state index in [1.54, 1.807) is 4.68 Å². The van der Waals surface area contributed by atoms with E-state index < -0.39 is 0 Å². The lowest BCUT2D eigenvalue weighted by Crippen LogP contribution is -1.96. The molecule has 0 aliphatic carbocycles. The van der Waals surface area contributed by atoms with Crippen LogP contribution in [-0.2, 0) is 7.05 Å². The first-order chi connectivity index (χ1) is 6.25. The Morgan fingerprint density at radius 1 is 1.54 bits per heavy atom. The van der Waals surface area contributed by atoms with E-state index in [1.165, 1.54) is 6.33 Å². The highest BCUT2D eigenvalue weighted by atomic mass is 15.3. The molecule has 0 amide bonds. The Morgan fingerprint density at radius 2 is 2.38 bits per heavy atom. The number of aromatic amines is 1. The maximum absolute atomic E-state index is 4.20. The van der Waals surface area contributed by atoms with Gasteiger partial charge in [0.15, 0.2) is 5.82 Å². The van der Waals surface area contributed by atoms with Gasteiger partial charge in [-0.25, -0.2) is 5.10 Å². The van der Waals surface area contributed by atoms with Gasteiger partial charge in [0, 0.05) is 18.8 Å². The van der Waals surface area contributed by atoms with E-state index in [-0.39, 0.29) is 0 Å². The van der Waals surface area contributed by atoms with Crippen molar-refractivity contribution in [3.05, 3.63) is 18.1 Å². The molecule has 0 radical (unpaired) electrons. The molecule has 0 fully saturated rings. The summed E-state index contributed by atoms with van der Waals surface area (Å²) in [6.45, 7) is 1.98. The van der Waals surface area contributed by atoms with Crippen molar-refractivity contribution in [2.75, 3.05) is 5.32 Å². The average Bonchev–Trinajstić information content (AvgIpc) is 2.63. The summed E-state index contributed by atoms with van der Waals surface area (Å²) in [5, 5.41) is 13.6. The van der Waals surface area contributed by atoms with Crippen molar-refractivity contribution in [3.63, 3.8) is 0 Å². The molecular weight excluding hydrogens is 168 g/mol. The molecule has 2 rings (SSSR count). The minimum atomic E-state index is 0.599. The molecule has 0 bridgehead atoms. The maximum Gasteiger partial charge on any atom is 0.224 e. The van der Waals surface area contributed by atoms with Crippen molar-refractivity contribution in [1.82, 2.24) is 25.0 Å². The van der Waals surface area contributed by atoms with Gasteiger partial charge in [-0.15, -0.1) is 0 Å². The highest BCUT2D eigenvalue weighted by Crippen LogP contribution is 2.13. The molecule has 0 aromatic carbocycles. The number of aryl methyl sites for hydroxylation is 2. The molecule has 0 unspecified atom stereocenters. The van der Waals surface area contributed by atoms with Crippen LogP contribution in [0.5, 0.6) is 0 Å². The van der Waals surface area contributed by atoms with Crippen molar-refractivity contribution < 1.29 is 0 Å². The number of nitrogens with one attached hydrogen (secondary N) is 2. The largest absolute Gasteiger partial charge is 0.307 e. The molecule has 2 aromatic heterocycles. The first-order valence-corrected chi connectivity index (χ1v) is 3.88. The zero-order valence-electron chi connectivity index (χ0n) is 7.44. The molecule has 0 spiro atoms. The highest BCUT2D eigenvalue weighted by Gasteiger charge is 2.03. The third kappa shape index (κ3) is 1.51. The maximum atomic E-state index is 4.20. The summed E-state index contributed by atoms with van der Waals surface area (Å²) in [6, 6.07) is 0. The van der Waals surface area contributed by atoms with Crippen LogP contribution in [0.1, 0.15) is 5.56 Å². The van der Waals surface area contributed by atoms with Gasteiger partial charge in [-0.05, 0) is 6.92 Å². The van der Waals surface area contributed by atoms with Crippen molar-refractivity contribution in [2.24, 2.45) is 7.05 Å². The normalized spacial score (nSPS) is 10.3. The van der Waals surface area contributed by atoms with Crippen molar-refractivity contribution in [3.8, 4) is 0 Å². The standard InChI is InChI=1S/C7H10N6/c1-5-3-13(2)12-6(5)10-7-8-4-9-11-7/h3-4H,1-2H3,(H2,8,9,10,11,12). The molecule has 6 nitrogen and oxygen atoms in total. The second-order valence-electron chi connectivity index (χ2n) is 2.79. The van der Waals surface area contributed by atoms with Gasteiger partial charge in [-0.2, -0.15) is 15.2 Å². The zero-order valence-corrected chi connectivity index (χ0v) is 7.44. The molecular formula is C7H10N6. The van der Waals surface area contributed by atoms with Crippen LogP contribution in [0, 0.1) is 6.92 Å². The molecule has 6 heteroatoms. The molecule has 0 aliphatic heterocycles. The number of rotatable bonds is 2. The topological polar surface area (TPSA) is 71.4 Å². The number of hydrogen-bond acceptors (Lipinski definition) is 4. The lowest BCUT2D eigenvalue weighted by atomic mass is 10.4. The summed E-state index contributed by atoms with van der Waals surface area (Å²) in [7, 11) is 1.87. The van der Waals surface area contributed by atoms with E-state index >= 15 is 0 Å². The van der Waals surface area contributed by atoms with Crippen LogP contribution in [0.4, 0.5) is 11.8 Å². The summed E-state index contributed by atoms with van der Waals surface area (Å²) in [5.74, 6) is 1.39. The van der Waals surface area contributed by atoms with Gasteiger partial charge in [0.25, 0.3) is 0 Å². The van der Waals surface area contributed by atoms with Gasteiger partial charge in [-0.1, -0.05) is 0 Å². The Balaban J connectivity index is 2.23. The van der Waals surface area contributed by atoms with Gasteiger partial charge >= 0.3 is 0 Å². The fourth-order valence-corrected chi connectivity index (χ4v) is 1.11. The van der Waals surface area contributed by atoms with E-state index in [4.69, 9.17) is 0 Å². The minimum Gasteiger partial charge on any atom is -0.307 e. The molecule has 2 aromatic rings. The molecule has 68 valence electrons. The van der Waals surface area contributed by atoms with E-state index in [0.717, 1.165) is 11.4 Å². The quantitative estimate of drug-likeness (QED) is 0.706. The third-order valence-corrected chi connectivity index (χ3v) is 1.66. The lowest BCUT2D eigenvalue weighted by molar-refractivity contribution is 0.770. The molecule has 0 saturated heterocycles. The average molecular weight is 178 g/mol. The van der Waals surface area contributed by atoms with Crippen molar-refractivity contribution in [1.29, 1.82) is 0 Å². The minimum absolute atomic E-state index is 0.599. The number of anilines is 2. The van der Waals surface area contributed by atoms with Crippen molar-refractivity contribution >= 4 is 11.8 Å². The zero-order chi connectivity index (χ0) is 9.26.